The van der Waals surface area contributed by atoms with Crippen molar-refractivity contribution in [3.8, 4) is 0 Å². The maximum absolute atomic E-state index is 11.1. The second-order valence-corrected chi connectivity index (χ2v) is 4.74. The lowest BCUT2D eigenvalue weighted by Gasteiger charge is -2.29. The molecule has 88 valence electrons. The molecule has 0 aromatic heterocycles. The summed E-state index contributed by atoms with van der Waals surface area (Å²) in [4.78, 5) is 11.1. The van der Waals surface area contributed by atoms with Gasteiger partial charge < -0.3 is 5.11 Å². The molecule has 0 saturated carbocycles. The van der Waals surface area contributed by atoms with Gasteiger partial charge in [0.15, 0.2) is 0 Å². The van der Waals surface area contributed by atoms with E-state index in [-0.39, 0.29) is 5.92 Å². The van der Waals surface area contributed by atoms with Gasteiger partial charge in [0.05, 0.1) is 5.41 Å². The van der Waals surface area contributed by atoms with E-state index in [1.807, 2.05) is 19.9 Å². The van der Waals surface area contributed by atoms with Gasteiger partial charge in [-0.15, -0.1) is 6.58 Å². The quantitative estimate of drug-likeness (QED) is 0.490. The molecule has 0 spiro atoms. The van der Waals surface area contributed by atoms with Crippen LogP contribution in [0.25, 0.3) is 0 Å². The molecule has 1 unspecified atom stereocenters. The molecule has 0 aliphatic carbocycles. The second-order valence-electron chi connectivity index (χ2n) is 4.74. The molecule has 0 amide bonds. The summed E-state index contributed by atoms with van der Waals surface area (Å²) < 4.78 is 0. The van der Waals surface area contributed by atoms with Crippen LogP contribution in [0, 0.1) is 11.3 Å². The zero-order chi connectivity index (χ0) is 11.9. The van der Waals surface area contributed by atoms with E-state index in [0.717, 1.165) is 19.3 Å². The minimum atomic E-state index is -0.703. The van der Waals surface area contributed by atoms with Gasteiger partial charge in [-0.3, -0.25) is 4.79 Å². The maximum Gasteiger partial charge on any atom is 0.309 e. The highest BCUT2D eigenvalue weighted by Crippen LogP contribution is 2.34. The van der Waals surface area contributed by atoms with Gasteiger partial charge >= 0.3 is 5.97 Å². The van der Waals surface area contributed by atoms with Crippen LogP contribution >= 0.6 is 0 Å². The molecule has 1 atom stereocenters. The van der Waals surface area contributed by atoms with Crippen LogP contribution in [0.15, 0.2) is 12.7 Å². The molecular formula is C13H24O2. The SMILES string of the molecule is C=CCC(CCCCC)C(C)(C)C(=O)O. The summed E-state index contributed by atoms with van der Waals surface area (Å²) >= 11 is 0. The Morgan fingerprint density at radius 3 is 2.47 bits per heavy atom. The number of carbonyl (C=O) groups is 1. The highest BCUT2D eigenvalue weighted by Gasteiger charge is 2.35. The van der Waals surface area contributed by atoms with Gasteiger partial charge in [-0.1, -0.05) is 32.3 Å². The third-order valence-corrected chi connectivity index (χ3v) is 3.18. The second kappa shape index (κ2) is 6.65. The van der Waals surface area contributed by atoms with E-state index in [0.29, 0.717) is 0 Å². The fourth-order valence-electron chi connectivity index (χ4n) is 1.79. The summed E-state index contributed by atoms with van der Waals surface area (Å²) in [5.41, 5.74) is -0.637. The molecule has 0 radical (unpaired) electrons. The first-order valence-electron chi connectivity index (χ1n) is 5.81. The van der Waals surface area contributed by atoms with Crippen LogP contribution in [0.5, 0.6) is 0 Å². The summed E-state index contributed by atoms with van der Waals surface area (Å²) in [5.74, 6) is -0.495. The molecule has 0 saturated heterocycles. The average molecular weight is 212 g/mol. The third-order valence-electron chi connectivity index (χ3n) is 3.18. The molecule has 2 heteroatoms. The monoisotopic (exact) mass is 212 g/mol. The minimum absolute atomic E-state index is 0.207. The number of hydrogen-bond acceptors (Lipinski definition) is 1. The van der Waals surface area contributed by atoms with Gasteiger partial charge in [0.2, 0.25) is 0 Å². The van der Waals surface area contributed by atoms with Gasteiger partial charge in [-0.2, -0.15) is 0 Å². The summed E-state index contributed by atoms with van der Waals surface area (Å²) in [6, 6.07) is 0. The highest BCUT2D eigenvalue weighted by atomic mass is 16.4. The Kier molecular flexibility index (Phi) is 6.30. The lowest BCUT2D eigenvalue weighted by molar-refractivity contribution is -0.150. The molecule has 0 aromatic carbocycles. The number of rotatable bonds is 8. The zero-order valence-electron chi connectivity index (χ0n) is 10.3. The normalized spacial score (nSPS) is 13.5. The minimum Gasteiger partial charge on any atom is -0.481 e. The number of aliphatic carboxylic acids is 1. The fourth-order valence-corrected chi connectivity index (χ4v) is 1.79. The van der Waals surface area contributed by atoms with Gasteiger partial charge in [-0.25, -0.2) is 0 Å². The van der Waals surface area contributed by atoms with E-state index in [9.17, 15) is 4.79 Å². The fraction of sp³-hybridized carbons (Fsp3) is 0.769. The molecule has 0 aromatic rings. The summed E-state index contributed by atoms with van der Waals surface area (Å²) in [6.07, 6.45) is 7.09. The third kappa shape index (κ3) is 4.50. The Hall–Kier alpha value is -0.790. The van der Waals surface area contributed by atoms with Crippen LogP contribution in [0.1, 0.15) is 52.9 Å². The van der Waals surface area contributed by atoms with Crippen molar-refractivity contribution >= 4 is 5.97 Å². The Bertz CT molecular complexity index is 207. The average Bonchev–Trinajstić information content (AvgIpc) is 2.16. The molecule has 0 heterocycles. The number of carboxylic acids is 1. The van der Waals surface area contributed by atoms with Crippen LogP contribution in [-0.2, 0) is 4.79 Å². The lowest BCUT2D eigenvalue weighted by atomic mass is 9.74. The smallest absolute Gasteiger partial charge is 0.309 e. The number of unbranched alkanes of at least 4 members (excludes halogenated alkanes) is 2. The van der Waals surface area contributed by atoms with E-state index >= 15 is 0 Å². The van der Waals surface area contributed by atoms with Gasteiger partial charge in [-0.05, 0) is 32.6 Å². The van der Waals surface area contributed by atoms with E-state index in [1.54, 1.807) is 0 Å². The topological polar surface area (TPSA) is 37.3 Å². The lowest BCUT2D eigenvalue weighted by Crippen LogP contribution is -2.32. The van der Waals surface area contributed by atoms with Crippen molar-refractivity contribution in [2.45, 2.75) is 52.9 Å². The summed E-state index contributed by atoms with van der Waals surface area (Å²) in [6.45, 7) is 9.50. The zero-order valence-corrected chi connectivity index (χ0v) is 10.3. The highest BCUT2D eigenvalue weighted by molar-refractivity contribution is 5.74. The molecule has 0 aliphatic rings. The van der Waals surface area contributed by atoms with Crippen LogP contribution < -0.4 is 0 Å². The molecule has 0 bridgehead atoms. The molecule has 0 rings (SSSR count). The predicted octanol–water partition coefficient (Wildman–Crippen LogP) is 3.87. The number of hydrogen-bond donors (Lipinski definition) is 1. The first-order chi connectivity index (χ1) is 6.96. The van der Waals surface area contributed by atoms with Gasteiger partial charge in [0, 0.05) is 0 Å². The first-order valence-corrected chi connectivity index (χ1v) is 5.81. The Labute approximate surface area is 93.4 Å². The van der Waals surface area contributed by atoms with E-state index < -0.39 is 11.4 Å². The summed E-state index contributed by atoms with van der Waals surface area (Å²) in [5, 5.41) is 9.16. The van der Waals surface area contributed by atoms with Crippen molar-refractivity contribution < 1.29 is 9.90 Å². The van der Waals surface area contributed by atoms with Crippen molar-refractivity contribution in [3.05, 3.63) is 12.7 Å². The van der Waals surface area contributed by atoms with Gasteiger partial charge in [0.1, 0.15) is 0 Å². The number of carboxylic acid groups (broad SMARTS) is 1. The Morgan fingerprint density at radius 2 is 2.07 bits per heavy atom. The Balaban J connectivity index is 4.36. The van der Waals surface area contributed by atoms with E-state index in [1.165, 1.54) is 12.8 Å². The standard InChI is InChI=1S/C13H24O2/c1-5-7-8-10-11(9-6-2)13(3,4)12(14)15/h6,11H,2,5,7-10H2,1,3-4H3,(H,14,15). The predicted molar refractivity (Wildman–Crippen MR) is 63.9 cm³/mol. The van der Waals surface area contributed by atoms with Gasteiger partial charge in [0.25, 0.3) is 0 Å². The van der Waals surface area contributed by atoms with Crippen molar-refractivity contribution in [1.82, 2.24) is 0 Å². The van der Waals surface area contributed by atoms with Crippen molar-refractivity contribution in [2.75, 3.05) is 0 Å². The maximum atomic E-state index is 11.1. The molecule has 0 aliphatic heterocycles. The summed E-state index contributed by atoms with van der Waals surface area (Å²) in [7, 11) is 0. The number of allylic oxidation sites excluding steroid dienone is 1. The largest absolute Gasteiger partial charge is 0.481 e. The van der Waals surface area contributed by atoms with Crippen molar-refractivity contribution in [1.29, 1.82) is 0 Å². The van der Waals surface area contributed by atoms with Crippen LogP contribution in [0.3, 0.4) is 0 Å². The van der Waals surface area contributed by atoms with Crippen LogP contribution in [0.4, 0.5) is 0 Å². The molecule has 2 nitrogen and oxygen atoms in total. The molecular weight excluding hydrogens is 188 g/mol. The van der Waals surface area contributed by atoms with E-state index in [4.69, 9.17) is 5.11 Å². The van der Waals surface area contributed by atoms with Crippen molar-refractivity contribution in [2.24, 2.45) is 11.3 Å². The van der Waals surface area contributed by atoms with Crippen molar-refractivity contribution in [3.63, 3.8) is 0 Å². The van der Waals surface area contributed by atoms with Crippen LogP contribution in [-0.4, -0.2) is 11.1 Å². The molecule has 0 fully saturated rings. The van der Waals surface area contributed by atoms with Crippen LogP contribution in [0.2, 0.25) is 0 Å². The Morgan fingerprint density at radius 1 is 1.47 bits per heavy atom. The first kappa shape index (κ1) is 14.2. The molecule has 15 heavy (non-hydrogen) atoms. The van der Waals surface area contributed by atoms with E-state index in [2.05, 4.69) is 13.5 Å². The molecule has 1 N–H and O–H groups in total.